The van der Waals surface area contributed by atoms with Crippen molar-refractivity contribution in [3.05, 3.63) is 51.0 Å². The van der Waals surface area contributed by atoms with Gasteiger partial charge in [-0.2, -0.15) is 1.33 Å². The van der Waals surface area contributed by atoms with Gasteiger partial charge < -0.3 is 0 Å². The number of aromatic nitrogens is 2. The van der Waals surface area contributed by atoms with Crippen molar-refractivity contribution < 1.29 is 19.4 Å². The van der Waals surface area contributed by atoms with Crippen molar-refractivity contribution >= 4 is 57.3 Å². The van der Waals surface area contributed by atoms with Crippen molar-refractivity contribution in [1.29, 1.82) is 0 Å². The summed E-state index contributed by atoms with van der Waals surface area (Å²) in [5.41, 5.74) is 1.28. The molecule has 1 aliphatic carbocycles. The summed E-state index contributed by atoms with van der Waals surface area (Å²) in [6, 6.07) is 8.70. The molecule has 0 saturated heterocycles. The molecule has 1 aromatic heterocycles. The monoisotopic (exact) mass is 710 g/mol. The molecule has 3 nitrogen and oxygen atoms in total. The zero-order valence-electron chi connectivity index (χ0n) is 11.5. The average molecular weight is 711 g/mol. The van der Waals surface area contributed by atoms with Crippen LogP contribution >= 0.6 is 57.3 Å². The standard InChI is InChI=1S/C7H6ClI2N.C7H10N2.Pt/c8-7-3-1-6(2-4-7)5-11(9)10;1-8-4-5-9(6-8)7-2-3-7;/h1-4H,5H2;4-5,7H,2-3H2,1H3;. The summed E-state index contributed by atoms with van der Waals surface area (Å²) < 4.78 is 7.91. The number of rotatable bonds is 3. The molecular weight excluding hydrogens is 695 g/mol. The Morgan fingerprint density at radius 1 is 1.24 bits per heavy atom. The van der Waals surface area contributed by atoms with Crippen LogP contribution in [0.5, 0.6) is 0 Å². The van der Waals surface area contributed by atoms with E-state index < -0.39 is 0 Å². The van der Waals surface area contributed by atoms with Crippen LogP contribution in [-0.2, 0) is 32.9 Å². The minimum atomic E-state index is 0.794. The van der Waals surface area contributed by atoms with Gasteiger partial charge in [-0.15, -0.1) is 0 Å². The third-order valence-corrected chi connectivity index (χ3v) is 5.40. The molecule has 1 fully saturated rings. The van der Waals surface area contributed by atoms with E-state index in [1.54, 1.807) is 0 Å². The zero-order chi connectivity index (χ0) is 15.4. The fourth-order valence-electron chi connectivity index (χ4n) is 1.81. The Kier molecular flexibility index (Phi) is 7.46. The Labute approximate surface area is 169 Å². The first-order valence-corrected chi connectivity index (χ1v) is 9.94. The number of hydrogen-bond donors (Lipinski definition) is 0. The van der Waals surface area contributed by atoms with Crippen LogP contribution < -0.4 is 0 Å². The summed E-state index contributed by atoms with van der Waals surface area (Å²) in [4.78, 5) is 0. The van der Waals surface area contributed by atoms with E-state index in [-0.39, 0.29) is 0 Å². The molecular formula is C14H16ClI2N3Pt. The summed E-state index contributed by atoms with van der Waals surface area (Å²) in [6.07, 6.45) is 7.01. The number of hydrogen-bond acceptors (Lipinski definition) is 1. The summed E-state index contributed by atoms with van der Waals surface area (Å²) >= 11 is 12.6. The van der Waals surface area contributed by atoms with Gasteiger partial charge in [0.15, 0.2) is 0 Å². The Bertz CT molecular complexity index is 632. The van der Waals surface area contributed by atoms with E-state index in [0.29, 0.717) is 0 Å². The predicted molar refractivity (Wildman–Crippen MR) is 100.0 cm³/mol. The Balaban J connectivity index is 0.000000154. The third kappa shape index (κ3) is 6.09. The van der Waals surface area contributed by atoms with E-state index in [1.807, 2.05) is 24.3 Å². The Hall–Kier alpha value is 0.828. The maximum atomic E-state index is 5.73. The van der Waals surface area contributed by atoms with Crippen LogP contribution in [-0.4, -0.2) is 10.5 Å². The van der Waals surface area contributed by atoms with Gasteiger partial charge >= 0.3 is 70.6 Å². The van der Waals surface area contributed by atoms with Crippen LogP contribution in [0.2, 0.25) is 5.02 Å². The number of benzene rings is 1. The van der Waals surface area contributed by atoms with E-state index in [0.717, 1.165) is 17.6 Å². The molecule has 0 amide bonds. The summed E-state index contributed by atoms with van der Waals surface area (Å²) in [6.45, 7) is 0.943. The minimum absolute atomic E-state index is 0.794. The van der Waals surface area contributed by atoms with Gasteiger partial charge in [0.05, 0.1) is 0 Å². The van der Waals surface area contributed by atoms with Crippen LogP contribution in [0.25, 0.3) is 0 Å². The molecule has 1 heterocycles. The maximum absolute atomic E-state index is 5.73. The molecule has 0 radical (unpaired) electrons. The predicted octanol–water partition coefficient (Wildman–Crippen LogP) is 5.08. The SMILES string of the molecule is Clc1ccc(CN(I)I)cc1.Cn1ccn(C2CC2)[c]1=[Pt]. The van der Waals surface area contributed by atoms with Gasteiger partial charge in [0.1, 0.15) is 0 Å². The molecule has 0 aliphatic heterocycles. The normalized spacial score (nSPS) is 14.0. The number of halogens is 3. The average Bonchev–Trinajstić information content (AvgIpc) is 3.21. The molecule has 0 spiro atoms. The van der Waals surface area contributed by atoms with Crippen LogP contribution in [0, 0.1) is 3.80 Å². The van der Waals surface area contributed by atoms with E-state index in [1.165, 1.54) is 22.2 Å². The van der Waals surface area contributed by atoms with Gasteiger partial charge in [0.25, 0.3) is 0 Å². The van der Waals surface area contributed by atoms with Crippen molar-refractivity contribution in [2.24, 2.45) is 7.05 Å². The second kappa shape index (κ2) is 8.62. The summed E-state index contributed by atoms with van der Waals surface area (Å²) in [5.74, 6) is 0. The quantitative estimate of drug-likeness (QED) is 0.320. The molecule has 1 aliphatic rings. The number of nitrogens with zero attached hydrogens (tertiary/aromatic N) is 3. The molecule has 0 atom stereocenters. The molecule has 2 aromatic rings. The molecule has 3 rings (SSSR count). The third-order valence-electron chi connectivity index (χ3n) is 3.07. The van der Waals surface area contributed by atoms with Gasteiger partial charge in [-0.25, -0.2) is 0 Å². The molecule has 0 N–H and O–H groups in total. The molecule has 1 aromatic carbocycles. The van der Waals surface area contributed by atoms with Gasteiger partial charge in [-0.3, -0.25) is 0 Å². The van der Waals surface area contributed by atoms with Crippen LogP contribution in [0.3, 0.4) is 0 Å². The molecule has 21 heavy (non-hydrogen) atoms. The zero-order valence-corrected chi connectivity index (χ0v) is 18.8. The molecule has 1 saturated carbocycles. The molecule has 0 unspecified atom stereocenters. The van der Waals surface area contributed by atoms with Crippen molar-refractivity contribution in [1.82, 2.24) is 10.5 Å². The van der Waals surface area contributed by atoms with E-state index in [4.69, 9.17) is 11.6 Å². The Morgan fingerprint density at radius 3 is 2.29 bits per heavy atom. The topological polar surface area (TPSA) is 13.1 Å². The number of aryl methyl sites for hydroxylation is 1. The van der Waals surface area contributed by atoms with Gasteiger partial charge in [-0.1, -0.05) is 23.7 Å². The molecule has 118 valence electrons. The van der Waals surface area contributed by atoms with Crippen molar-refractivity contribution in [2.45, 2.75) is 25.4 Å². The van der Waals surface area contributed by atoms with Gasteiger partial charge in [0.2, 0.25) is 0 Å². The van der Waals surface area contributed by atoms with Crippen molar-refractivity contribution in [2.75, 3.05) is 0 Å². The first kappa shape index (κ1) is 18.2. The van der Waals surface area contributed by atoms with E-state index in [9.17, 15) is 0 Å². The summed E-state index contributed by atoms with van der Waals surface area (Å²) in [7, 11) is 2.08. The first-order chi connectivity index (χ1) is 9.97. The second-order valence-corrected chi connectivity index (χ2v) is 10.5. The molecule has 0 bridgehead atoms. The summed E-state index contributed by atoms with van der Waals surface area (Å²) in [5, 5.41) is 0.794. The fraction of sp³-hybridized carbons (Fsp3) is 0.357. The van der Waals surface area contributed by atoms with Gasteiger partial charge in [0, 0.05) is 57.3 Å². The van der Waals surface area contributed by atoms with E-state index in [2.05, 4.69) is 95.0 Å². The van der Waals surface area contributed by atoms with Crippen LogP contribution in [0.1, 0.15) is 24.4 Å². The van der Waals surface area contributed by atoms with Crippen molar-refractivity contribution in [3.63, 3.8) is 0 Å². The molecule has 7 heteroatoms. The fourth-order valence-corrected chi connectivity index (χ4v) is 3.48. The van der Waals surface area contributed by atoms with Crippen molar-refractivity contribution in [3.8, 4) is 0 Å². The second-order valence-electron chi connectivity index (χ2n) is 4.88. The van der Waals surface area contributed by atoms with E-state index >= 15 is 0 Å². The van der Waals surface area contributed by atoms with Crippen LogP contribution in [0.4, 0.5) is 0 Å². The Morgan fingerprint density at radius 2 is 1.86 bits per heavy atom. The van der Waals surface area contributed by atoms with Crippen LogP contribution in [0.15, 0.2) is 36.7 Å². The number of imidazole rings is 1. The first-order valence-electron chi connectivity index (χ1n) is 6.50. The van der Waals surface area contributed by atoms with Gasteiger partial charge in [-0.05, 0) is 17.7 Å².